The Morgan fingerprint density at radius 2 is 1.15 bits per heavy atom. The van der Waals surface area contributed by atoms with Crippen LogP contribution < -0.4 is 0 Å². The van der Waals surface area contributed by atoms with E-state index in [2.05, 4.69) is 111 Å². The van der Waals surface area contributed by atoms with E-state index in [1.807, 2.05) is 32.1 Å². The summed E-state index contributed by atoms with van der Waals surface area (Å²) in [5.74, 6) is 1.27. The van der Waals surface area contributed by atoms with Crippen molar-refractivity contribution in [2.75, 3.05) is 0 Å². The maximum Gasteiger partial charge on any atom is 2.00 e. The summed E-state index contributed by atoms with van der Waals surface area (Å²) >= 11 is 0. The molecule has 10 radical (unpaired) electrons. The molecule has 0 N–H and O–H groups in total. The number of halogens is 6. The van der Waals surface area contributed by atoms with Gasteiger partial charge in [-0.2, -0.15) is 0 Å². The van der Waals surface area contributed by atoms with Crippen LogP contribution in [0.1, 0.15) is 16.7 Å². The molecule has 8 heteroatoms. The average molecular weight is 596 g/mol. The predicted molar refractivity (Wildman–Crippen MR) is 145 cm³/mol. The molecule has 0 nitrogen and oxygen atoms in total. The molecule has 0 aromatic heterocycles. The Bertz CT molecular complexity index is 1280. The van der Waals surface area contributed by atoms with Crippen molar-refractivity contribution in [2.45, 2.75) is 0 Å². The van der Waals surface area contributed by atoms with Crippen LogP contribution in [0, 0.1) is 63.7 Å². The molecule has 1 aromatic rings. The molecule has 200 valence electrons. The van der Waals surface area contributed by atoms with Crippen molar-refractivity contribution in [3.8, 4) is 11.1 Å². The molecule has 5 aliphatic carbocycles. The Balaban J connectivity index is 0.000000271. The molecule has 2 fully saturated rings. The van der Waals surface area contributed by atoms with Gasteiger partial charge in [-0.1, -0.05) is 36.4 Å². The van der Waals surface area contributed by atoms with Crippen LogP contribution in [-0.4, -0.2) is 0 Å². The minimum atomic E-state index is -10.7. The second-order valence-electron chi connectivity index (χ2n) is 8.52. The fourth-order valence-electron chi connectivity index (χ4n) is 4.18. The first kappa shape index (κ1) is 31.3. The van der Waals surface area contributed by atoms with Gasteiger partial charge in [-0.3, -0.25) is 0 Å². The molecule has 6 rings (SSSR count). The van der Waals surface area contributed by atoms with Crippen molar-refractivity contribution in [3.05, 3.63) is 159 Å². The van der Waals surface area contributed by atoms with Gasteiger partial charge in [0.05, 0.1) is 16.7 Å². The maximum atomic E-state index is 9.87. The third-order valence-corrected chi connectivity index (χ3v) is 5.63. The van der Waals surface area contributed by atoms with Crippen LogP contribution in [0.5, 0.6) is 0 Å². The summed E-state index contributed by atoms with van der Waals surface area (Å²) in [5.41, 5.74) is 9.02. The van der Waals surface area contributed by atoms with Gasteiger partial charge in [0.1, 0.15) is 0 Å². The Labute approximate surface area is 237 Å². The van der Waals surface area contributed by atoms with E-state index >= 15 is 0 Å². The number of hydrogen-bond acceptors (Lipinski definition) is 0. The average Bonchev–Trinajstić information content (AvgIpc) is 3.62. The fraction of sp³-hybridized carbons (Fsp3) is 0. The standard InChI is InChI=1S/C26H18.C5H5.F6P.Fe/c1-3-9-19-15-17-24(22(19)13-5-1)26(21-11-7-8-12-21)25-18-16-20-10-4-2-6-14-23(20)25;1-2-4-5-3-1;1-7(2,3,4,5)6;/h1-18H;1-5H;;/q+1;;-1;+2/b26-24-;;;. The van der Waals surface area contributed by atoms with Crippen molar-refractivity contribution < 1.29 is 42.3 Å². The van der Waals surface area contributed by atoms with E-state index in [0.717, 1.165) is 0 Å². The summed E-state index contributed by atoms with van der Waals surface area (Å²) in [6.45, 7) is 0. The van der Waals surface area contributed by atoms with E-state index in [4.69, 9.17) is 0 Å². The van der Waals surface area contributed by atoms with Gasteiger partial charge in [-0.15, -0.1) is 0 Å². The van der Waals surface area contributed by atoms with E-state index in [1.165, 1.54) is 44.9 Å². The second kappa shape index (κ2) is 12.1. The van der Waals surface area contributed by atoms with Gasteiger partial charge >= 0.3 is 50.1 Å². The summed E-state index contributed by atoms with van der Waals surface area (Å²) in [6, 6.07) is 25.9. The van der Waals surface area contributed by atoms with Crippen LogP contribution in [0.2, 0.25) is 0 Å². The zero-order valence-electron chi connectivity index (χ0n) is 20.3. The van der Waals surface area contributed by atoms with Crippen LogP contribution in [0.15, 0.2) is 78.9 Å². The van der Waals surface area contributed by atoms with E-state index in [-0.39, 0.29) is 17.1 Å². The molecule has 0 saturated heterocycles. The van der Waals surface area contributed by atoms with E-state index in [9.17, 15) is 25.2 Å². The smallest absolute Gasteiger partial charge is 0.0622 e. The summed E-state index contributed by atoms with van der Waals surface area (Å²) in [6.07, 6.45) is 23.1. The zero-order chi connectivity index (χ0) is 27.3. The molecule has 2 saturated carbocycles. The number of allylic oxidation sites excluding steroid dienone is 3. The van der Waals surface area contributed by atoms with Crippen LogP contribution in [0.3, 0.4) is 0 Å². The Morgan fingerprint density at radius 3 is 1.79 bits per heavy atom. The molecule has 0 bridgehead atoms. The first-order chi connectivity index (χ1) is 17.9. The molecular formula is C31H23F6FeP+2. The molecule has 39 heavy (non-hydrogen) atoms. The topological polar surface area (TPSA) is 0 Å². The van der Waals surface area contributed by atoms with E-state index in [0.29, 0.717) is 0 Å². The van der Waals surface area contributed by atoms with Crippen molar-refractivity contribution >= 4 is 25.0 Å². The van der Waals surface area contributed by atoms with Gasteiger partial charge in [-0.05, 0) is 99.2 Å². The first-order valence-electron chi connectivity index (χ1n) is 11.7. The first-order valence-corrected chi connectivity index (χ1v) is 13.7. The SMILES string of the molecule is F[P-](F)(F)(F)(F)F.[CH]1[CH][CH][CH][CH]1.[CH]1[CH][CH][C](/C(=C2\C=Cc3ccccc[c+]32)c2ccc3cccccc2-3)[CH]1.[Fe+2]. The Morgan fingerprint density at radius 1 is 0.590 bits per heavy atom. The third kappa shape index (κ3) is 10.0. The predicted octanol–water partition coefficient (Wildman–Crippen LogP) is 10.8. The Hall–Kier alpha value is -2.20. The van der Waals surface area contributed by atoms with Crippen molar-refractivity contribution in [1.82, 2.24) is 0 Å². The molecule has 5 aliphatic rings. The van der Waals surface area contributed by atoms with Gasteiger partial charge in [-0.25, -0.2) is 0 Å². The van der Waals surface area contributed by atoms with Gasteiger partial charge < -0.3 is 0 Å². The zero-order valence-corrected chi connectivity index (χ0v) is 22.3. The van der Waals surface area contributed by atoms with Crippen molar-refractivity contribution in [1.29, 1.82) is 0 Å². The van der Waals surface area contributed by atoms with Crippen LogP contribution in [-0.2, 0) is 17.1 Å². The number of fused-ring (bicyclic) bond motifs is 2. The van der Waals surface area contributed by atoms with Gasteiger partial charge in [0.15, 0.2) is 0 Å². The molecule has 0 heterocycles. The van der Waals surface area contributed by atoms with E-state index < -0.39 is 7.81 Å². The second-order valence-corrected chi connectivity index (χ2v) is 10.4. The van der Waals surface area contributed by atoms with E-state index in [1.54, 1.807) is 0 Å². The van der Waals surface area contributed by atoms with Crippen LogP contribution in [0.4, 0.5) is 25.2 Å². The monoisotopic (exact) mass is 596 g/mol. The molecule has 0 amide bonds. The number of hydrogen-bond donors (Lipinski definition) is 0. The Kier molecular flexibility index (Phi) is 9.74. The molecule has 0 aliphatic heterocycles. The number of rotatable bonds is 2. The summed E-state index contributed by atoms with van der Waals surface area (Å²) in [5, 5.41) is 0. The summed E-state index contributed by atoms with van der Waals surface area (Å²) in [4.78, 5) is 0. The normalized spacial score (nSPS) is 19.4. The molecular weight excluding hydrogens is 573 g/mol. The quantitative estimate of drug-likeness (QED) is 0.120. The van der Waals surface area contributed by atoms with Gasteiger partial charge in [0, 0.05) is 35.3 Å². The van der Waals surface area contributed by atoms with Crippen LogP contribution >= 0.6 is 7.81 Å². The molecule has 0 unspecified atom stereocenters. The molecule has 1 aromatic carbocycles. The third-order valence-electron chi connectivity index (χ3n) is 5.63. The summed E-state index contributed by atoms with van der Waals surface area (Å²) < 4.78 is 59.2. The van der Waals surface area contributed by atoms with Gasteiger partial charge in [0.25, 0.3) is 0 Å². The maximum absolute atomic E-state index is 10.7. The van der Waals surface area contributed by atoms with Crippen molar-refractivity contribution in [2.24, 2.45) is 0 Å². The van der Waals surface area contributed by atoms with Gasteiger partial charge in [0.2, 0.25) is 0 Å². The molecule has 0 atom stereocenters. The minimum Gasteiger partial charge on any atom is -0.0622 e. The van der Waals surface area contributed by atoms with Crippen LogP contribution in [0.25, 0.3) is 28.3 Å². The largest absolute Gasteiger partial charge is 2.00 e. The fourth-order valence-corrected chi connectivity index (χ4v) is 4.18. The molecule has 0 spiro atoms. The minimum absolute atomic E-state index is 0. The summed E-state index contributed by atoms with van der Waals surface area (Å²) in [7, 11) is -10.7. The van der Waals surface area contributed by atoms with Crippen molar-refractivity contribution in [3.63, 3.8) is 0 Å².